The van der Waals surface area contributed by atoms with Crippen LogP contribution in [-0.4, -0.2) is 35.6 Å². The van der Waals surface area contributed by atoms with Gasteiger partial charge < -0.3 is 15.7 Å². The molecule has 0 aromatic heterocycles. The zero-order chi connectivity index (χ0) is 15.9. The van der Waals surface area contributed by atoms with Crippen molar-refractivity contribution in [2.75, 3.05) is 13.1 Å². The highest BCUT2D eigenvalue weighted by Crippen LogP contribution is 2.15. The Bertz CT molecular complexity index is 501. The number of hydrogen-bond acceptors (Lipinski definition) is 3. The van der Waals surface area contributed by atoms with Crippen LogP contribution in [0.15, 0.2) is 28.7 Å². The van der Waals surface area contributed by atoms with Crippen LogP contribution in [0.25, 0.3) is 0 Å². The van der Waals surface area contributed by atoms with E-state index in [1.807, 2.05) is 19.9 Å². The number of aliphatic hydroxyl groups is 1. The van der Waals surface area contributed by atoms with Crippen molar-refractivity contribution in [1.29, 1.82) is 0 Å². The molecule has 5 nitrogen and oxygen atoms in total. The van der Waals surface area contributed by atoms with Crippen molar-refractivity contribution < 1.29 is 14.7 Å². The first-order chi connectivity index (χ1) is 9.91. The van der Waals surface area contributed by atoms with Crippen LogP contribution in [-0.2, 0) is 4.79 Å². The highest BCUT2D eigenvalue weighted by molar-refractivity contribution is 9.10. The van der Waals surface area contributed by atoms with Gasteiger partial charge in [0.1, 0.15) is 0 Å². The zero-order valence-corrected chi connectivity index (χ0v) is 13.9. The molecule has 0 aliphatic heterocycles. The van der Waals surface area contributed by atoms with E-state index in [0.717, 1.165) is 0 Å². The third kappa shape index (κ3) is 5.47. The van der Waals surface area contributed by atoms with Gasteiger partial charge in [-0.3, -0.25) is 9.59 Å². The molecule has 21 heavy (non-hydrogen) atoms. The highest BCUT2D eigenvalue weighted by atomic mass is 79.9. The van der Waals surface area contributed by atoms with Crippen molar-refractivity contribution in [3.63, 3.8) is 0 Å². The lowest BCUT2D eigenvalue weighted by atomic mass is 9.98. The first kappa shape index (κ1) is 17.7. The molecule has 1 aromatic carbocycles. The van der Waals surface area contributed by atoms with Crippen LogP contribution in [0, 0.1) is 0 Å². The van der Waals surface area contributed by atoms with Gasteiger partial charge in [-0.15, -0.1) is 0 Å². The van der Waals surface area contributed by atoms with E-state index >= 15 is 0 Å². The monoisotopic (exact) mass is 356 g/mol. The fourth-order valence-electron chi connectivity index (χ4n) is 1.73. The summed E-state index contributed by atoms with van der Waals surface area (Å²) in [6, 6.07) is 6.99. The summed E-state index contributed by atoms with van der Waals surface area (Å²) in [5, 5.41) is 15.2. The number of benzene rings is 1. The standard InChI is InChI=1S/C15H21BrN2O3/c1-3-15(21,4-2)10-18-13(19)9-17-14(20)11-7-5-6-8-12(11)16/h5-8,21H,3-4,9-10H2,1-2H3,(H,17,20)(H,18,19). The van der Waals surface area contributed by atoms with Crippen molar-refractivity contribution in [3.05, 3.63) is 34.3 Å². The molecule has 0 saturated heterocycles. The van der Waals surface area contributed by atoms with Gasteiger partial charge in [-0.25, -0.2) is 0 Å². The zero-order valence-electron chi connectivity index (χ0n) is 12.3. The Morgan fingerprint density at radius 1 is 1.19 bits per heavy atom. The minimum Gasteiger partial charge on any atom is -0.388 e. The smallest absolute Gasteiger partial charge is 0.252 e. The first-order valence-corrected chi connectivity index (χ1v) is 7.73. The van der Waals surface area contributed by atoms with E-state index in [-0.39, 0.29) is 24.9 Å². The number of nitrogens with one attached hydrogen (secondary N) is 2. The van der Waals surface area contributed by atoms with E-state index in [0.29, 0.717) is 22.9 Å². The van der Waals surface area contributed by atoms with E-state index in [4.69, 9.17) is 0 Å². The molecule has 1 rings (SSSR count). The number of hydrogen-bond donors (Lipinski definition) is 3. The third-order valence-electron chi connectivity index (χ3n) is 3.46. The van der Waals surface area contributed by atoms with Crippen LogP contribution in [0.5, 0.6) is 0 Å². The number of carbonyl (C=O) groups is 2. The quantitative estimate of drug-likeness (QED) is 0.697. The molecule has 0 saturated carbocycles. The van der Waals surface area contributed by atoms with Crippen LogP contribution in [0.4, 0.5) is 0 Å². The van der Waals surface area contributed by atoms with Gasteiger partial charge in [0.05, 0.1) is 17.7 Å². The summed E-state index contributed by atoms with van der Waals surface area (Å²) in [5.74, 6) is -0.644. The predicted molar refractivity (Wildman–Crippen MR) is 85.0 cm³/mol. The molecule has 0 unspecified atom stereocenters. The molecule has 1 aromatic rings. The fourth-order valence-corrected chi connectivity index (χ4v) is 2.19. The second-order valence-electron chi connectivity index (χ2n) is 4.87. The molecular formula is C15H21BrN2O3. The molecule has 3 N–H and O–H groups in total. The van der Waals surface area contributed by atoms with E-state index in [1.54, 1.807) is 18.2 Å². The van der Waals surface area contributed by atoms with E-state index < -0.39 is 5.60 Å². The minimum absolute atomic E-state index is 0.121. The van der Waals surface area contributed by atoms with Crippen molar-refractivity contribution >= 4 is 27.7 Å². The van der Waals surface area contributed by atoms with Crippen LogP contribution < -0.4 is 10.6 Å². The van der Waals surface area contributed by atoms with Crippen molar-refractivity contribution in [1.82, 2.24) is 10.6 Å². The summed E-state index contributed by atoms with van der Waals surface area (Å²) in [4.78, 5) is 23.6. The third-order valence-corrected chi connectivity index (χ3v) is 4.15. The molecule has 0 fully saturated rings. The lowest BCUT2D eigenvalue weighted by Gasteiger charge is -2.25. The van der Waals surface area contributed by atoms with Gasteiger partial charge in [0.25, 0.3) is 5.91 Å². The molecule has 0 radical (unpaired) electrons. The number of amides is 2. The normalized spacial score (nSPS) is 11.0. The lowest BCUT2D eigenvalue weighted by Crippen LogP contribution is -2.45. The molecule has 2 amide bonds. The topological polar surface area (TPSA) is 78.4 Å². The minimum atomic E-state index is -0.887. The molecular weight excluding hydrogens is 336 g/mol. The van der Waals surface area contributed by atoms with E-state index in [9.17, 15) is 14.7 Å². The Morgan fingerprint density at radius 2 is 1.81 bits per heavy atom. The summed E-state index contributed by atoms with van der Waals surface area (Å²) in [5.41, 5.74) is -0.411. The molecule has 0 bridgehead atoms. The largest absolute Gasteiger partial charge is 0.388 e. The second-order valence-corrected chi connectivity index (χ2v) is 5.73. The van der Waals surface area contributed by atoms with Crippen LogP contribution in [0.1, 0.15) is 37.0 Å². The van der Waals surface area contributed by atoms with Gasteiger partial charge in [0.15, 0.2) is 0 Å². The van der Waals surface area contributed by atoms with Gasteiger partial charge in [-0.1, -0.05) is 26.0 Å². The molecule has 0 heterocycles. The number of halogens is 1. The molecule has 0 aliphatic rings. The molecule has 0 spiro atoms. The summed E-state index contributed by atoms with van der Waals surface area (Å²) < 4.78 is 0.675. The highest BCUT2D eigenvalue weighted by Gasteiger charge is 2.22. The van der Waals surface area contributed by atoms with E-state index in [1.165, 1.54) is 0 Å². The summed E-state index contributed by atoms with van der Waals surface area (Å²) in [7, 11) is 0. The molecule has 116 valence electrons. The first-order valence-electron chi connectivity index (χ1n) is 6.93. The molecule has 0 aliphatic carbocycles. The lowest BCUT2D eigenvalue weighted by molar-refractivity contribution is -0.121. The molecule has 0 atom stereocenters. The van der Waals surface area contributed by atoms with Crippen molar-refractivity contribution in [2.24, 2.45) is 0 Å². The van der Waals surface area contributed by atoms with Crippen molar-refractivity contribution in [3.8, 4) is 0 Å². The van der Waals surface area contributed by atoms with Crippen LogP contribution >= 0.6 is 15.9 Å². The maximum Gasteiger partial charge on any atom is 0.252 e. The Labute approximate surface area is 133 Å². The van der Waals surface area contributed by atoms with Gasteiger partial charge >= 0.3 is 0 Å². The fraction of sp³-hybridized carbons (Fsp3) is 0.467. The molecule has 6 heteroatoms. The number of carbonyl (C=O) groups excluding carboxylic acids is 2. The summed E-state index contributed by atoms with van der Waals surface area (Å²) >= 11 is 3.28. The number of rotatable bonds is 7. The average Bonchev–Trinajstić information content (AvgIpc) is 2.50. The van der Waals surface area contributed by atoms with Crippen molar-refractivity contribution in [2.45, 2.75) is 32.3 Å². The van der Waals surface area contributed by atoms with Gasteiger partial charge in [0.2, 0.25) is 5.91 Å². The summed E-state index contributed by atoms with van der Waals surface area (Å²) in [6.07, 6.45) is 1.13. The second kappa shape index (κ2) is 8.14. The Morgan fingerprint density at radius 3 is 2.38 bits per heavy atom. The van der Waals surface area contributed by atoms with Crippen LogP contribution in [0.2, 0.25) is 0 Å². The average molecular weight is 357 g/mol. The maximum atomic E-state index is 11.9. The predicted octanol–water partition coefficient (Wildman–Crippen LogP) is 1.85. The van der Waals surface area contributed by atoms with Gasteiger partial charge in [-0.2, -0.15) is 0 Å². The van der Waals surface area contributed by atoms with E-state index in [2.05, 4.69) is 26.6 Å². The van der Waals surface area contributed by atoms with Gasteiger partial charge in [-0.05, 0) is 40.9 Å². The Balaban J connectivity index is 2.43. The van der Waals surface area contributed by atoms with Crippen LogP contribution in [0.3, 0.4) is 0 Å². The Hall–Kier alpha value is -1.40. The van der Waals surface area contributed by atoms with Gasteiger partial charge in [0, 0.05) is 11.0 Å². The summed E-state index contributed by atoms with van der Waals surface area (Å²) in [6.45, 7) is 3.79. The maximum absolute atomic E-state index is 11.9. The SMILES string of the molecule is CCC(O)(CC)CNC(=O)CNC(=O)c1ccccc1Br. The Kier molecular flexibility index (Phi) is 6.84.